The molecular formula is C14H22N4S. The molecule has 0 bridgehead atoms. The number of aryl methyl sites for hydroxylation is 1. The number of thiocarbonyl (C=S) groups is 1. The van der Waals surface area contributed by atoms with Gasteiger partial charge in [0.05, 0.1) is 5.56 Å². The normalized spacial score (nSPS) is 20.2. The van der Waals surface area contributed by atoms with Crippen LogP contribution < -0.4 is 11.1 Å². The summed E-state index contributed by atoms with van der Waals surface area (Å²) in [6.45, 7) is 4.04. The molecule has 1 unspecified atom stereocenters. The van der Waals surface area contributed by atoms with Gasteiger partial charge in [-0.1, -0.05) is 18.6 Å². The molecule has 2 heterocycles. The lowest BCUT2D eigenvalue weighted by molar-refractivity contribution is 0.194. The molecule has 1 saturated heterocycles. The summed E-state index contributed by atoms with van der Waals surface area (Å²) in [4.78, 5) is 7.31. The van der Waals surface area contributed by atoms with E-state index in [-0.39, 0.29) is 0 Å². The molecule has 1 atom stereocenters. The Morgan fingerprint density at radius 3 is 3.00 bits per heavy atom. The van der Waals surface area contributed by atoms with Gasteiger partial charge in [0, 0.05) is 18.3 Å². The first-order valence-corrected chi connectivity index (χ1v) is 7.20. The molecule has 5 heteroatoms. The maximum Gasteiger partial charge on any atom is 0.136 e. The van der Waals surface area contributed by atoms with Gasteiger partial charge < -0.3 is 16.0 Å². The van der Waals surface area contributed by atoms with E-state index in [9.17, 15) is 0 Å². The number of aromatic nitrogens is 1. The first kappa shape index (κ1) is 14.2. The summed E-state index contributed by atoms with van der Waals surface area (Å²) in [5.74, 6) is 0.812. The topological polar surface area (TPSA) is 54.2 Å². The van der Waals surface area contributed by atoms with Crippen molar-refractivity contribution >= 4 is 23.0 Å². The van der Waals surface area contributed by atoms with Crippen molar-refractivity contribution in [3.63, 3.8) is 0 Å². The summed E-state index contributed by atoms with van der Waals surface area (Å²) < 4.78 is 0. The number of hydrogen-bond donors (Lipinski definition) is 2. The molecule has 2 rings (SSSR count). The van der Waals surface area contributed by atoms with Crippen molar-refractivity contribution in [1.29, 1.82) is 0 Å². The molecule has 104 valence electrons. The molecule has 1 aliphatic heterocycles. The number of hydrogen-bond acceptors (Lipinski definition) is 4. The van der Waals surface area contributed by atoms with Crippen LogP contribution in [0.25, 0.3) is 0 Å². The molecular weight excluding hydrogens is 256 g/mol. The Bertz CT molecular complexity index is 461. The Hall–Kier alpha value is -1.20. The highest BCUT2D eigenvalue weighted by Crippen LogP contribution is 2.18. The summed E-state index contributed by atoms with van der Waals surface area (Å²) in [5.41, 5.74) is 7.55. The van der Waals surface area contributed by atoms with Crippen LogP contribution in [0.5, 0.6) is 0 Å². The van der Waals surface area contributed by atoms with Crippen LogP contribution in [0.4, 0.5) is 5.82 Å². The minimum Gasteiger partial charge on any atom is -0.389 e. The molecule has 0 saturated carbocycles. The predicted molar refractivity (Wildman–Crippen MR) is 83.6 cm³/mol. The largest absolute Gasteiger partial charge is 0.389 e. The molecule has 3 N–H and O–H groups in total. The van der Waals surface area contributed by atoms with Crippen molar-refractivity contribution in [2.45, 2.75) is 32.2 Å². The van der Waals surface area contributed by atoms with Gasteiger partial charge in [-0.3, -0.25) is 0 Å². The number of pyridine rings is 1. The van der Waals surface area contributed by atoms with Crippen LogP contribution >= 0.6 is 12.2 Å². The quantitative estimate of drug-likeness (QED) is 0.824. The third-order valence-corrected chi connectivity index (χ3v) is 3.95. The SMILES string of the molecule is Cc1ccc(C(N)=S)c(NCC2CCCCN2C)n1. The fourth-order valence-electron chi connectivity index (χ4n) is 2.51. The smallest absolute Gasteiger partial charge is 0.136 e. The van der Waals surface area contributed by atoms with Crippen LogP contribution in [0, 0.1) is 6.92 Å². The second-order valence-corrected chi connectivity index (χ2v) is 5.66. The number of likely N-dealkylation sites (N-methyl/N-ethyl adjacent to an activating group) is 1. The van der Waals surface area contributed by atoms with E-state index in [0.29, 0.717) is 11.0 Å². The summed E-state index contributed by atoms with van der Waals surface area (Å²) in [7, 11) is 2.18. The Morgan fingerprint density at radius 2 is 2.32 bits per heavy atom. The van der Waals surface area contributed by atoms with Crippen LogP contribution in [-0.4, -0.2) is 41.1 Å². The number of rotatable bonds is 4. The first-order valence-electron chi connectivity index (χ1n) is 6.79. The van der Waals surface area contributed by atoms with Crippen molar-refractivity contribution in [1.82, 2.24) is 9.88 Å². The van der Waals surface area contributed by atoms with E-state index in [1.165, 1.54) is 25.8 Å². The first-order chi connectivity index (χ1) is 9.08. The third-order valence-electron chi connectivity index (χ3n) is 3.73. The van der Waals surface area contributed by atoms with Crippen molar-refractivity contribution < 1.29 is 0 Å². The summed E-state index contributed by atoms with van der Waals surface area (Å²) in [6, 6.07) is 4.44. The number of anilines is 1. The number of nitrogens with two attached hydrogens (primary N) is 1. The Morgan fingerprint density at radius 1 is 1.53 bits per heavy atom. The fraction of sp³-hybridized carbons (Fsp3) is 0.571. The van der Waals surface area contributed by atoms with E-state index < -0.39 is 0 Å². The number of likely N-dealkylation sites (tertiary alicyclic amines) is 1. The van der Waals surface area contributed by atoms with E-state index in [4.69, 9.17) is 18.0 Å². The minimum atomic E-state index is 0.395. The van der Waals surface area contributed by atoms with Crippen LogP contribution in [0.3, 0.4) is 0 Å². The predicted octanol–water partition coefficient (Wildman–Crippen LogP) is 1.92. The Labute approximate surface area is 120 Å². The maximum atomic E-state index is 5.74. The Kier molecular flexibility index (Phi) is 4.71. The summed E-state index contributed by atoms with van der Waals surface area (Å²) in [6.07, 6.45) is 3.84. The molecule has 19 heavy (non-hydrogen) atoms. The molecule has 0 amide bonds. The minimum absolute atomic E-state index is 0.395. The lowest BCUT2D eigenvalue weighted by atomic mass is 10.0. The highest BCUT2D eigenvalue weighted by Gasteiger charge is 2.19. The highest BCUT2D eigenvalue weighted by atomic mass is 32.1. The monoisotopic (exact) mass is 278 g/mol. The number of nitrogens with zero attached hydrogens (tertiary/aromatic N) is 2. The molecule has 4 nitrogen and oxygen atoms in total. The maximum absolute atomic E-state index is 5.74. The van der Waals surface area contributed by atoms with Crippen molar-refractivity contribution in [3.05, 3.63) is 23.4 Å². The number of piperidine rings is 1. The van der Waals surface area contributed by atoms with E-state index in [1.54, 1.807) is 0 Å². The molecule has 0 spiro atoms. The van der Waals surface area contributed by atoms with E-state index in [2.05, 4.69) is 22.2 Å². The zero-order chi connectivity index (χ0) is 13.8. The molecule has 0 aromatic carbocycles. The van der Waals surface area contributed by atoms with Gasteiger partial charge in [0.2, 0.25) is 0 Å². The van der Waals surface area contributed by atoms with Gasteiger partial charge in [0.15, 0.2) is 0 Å². The molecule has 1 aromatic rings. The summed E-state index contributed by atoms with van der Waals surface area (Å²) in [5, 5.41) is 3.42. The van der Waals surface area contributed by atoms with Gasteiger partial charge in [0.25, 0.3) is 0 Å². The van der Waals surface area contributed by atoms with Crippen LogP contribution in [-0.2, 0) is 0 Å². The van der Waals surface area contributed by atoms with E-state index in [0.717, 1.165) is 23.6 Å². The fourth-order valence-corrected chi connectivity index (χ4v) is 2.67. The number of nitrogens with one attached hydrogen (secondary N) is 1. The van der Waals surface area contributed by atoms with Crippen molar-refractivity contribution in [2.75, 3.05) is 25.5 Å². The average Bonchev–Trinajstić information content (AvgIpc) is 2.37. The molecule has 0 aliphatic carbocycles. The van der Waals surface area contributed by atoms with Gasteiger partial charge in [-0.15, -0.1) is 0 Å². The van der Waals surface area contributed by atoms with Crippen LogP contribution in [0.1, 0.15) is 30.5 Å². The van der Waals surface area contributed by atoms with Gasteiger partial charge in [-0.2, -0.15) is 0 Å². The van der Waals surface area contributed by atoms with Gasteiger partial charge in [-0.05, 0) is 45.5 Å². The van der Waals surface area contributed by atoms with Crippen molar-refractivity contribution in [3.8, 4) is 0 Å². The molecule has 0 radical (unpaired) electrons. The van der Waals surface area contributed by atoms with Crippen molar-refractivity contribution in [2.24, 2.45) is 5.73 Å². The van der Waals surface area contributed by atoms with Crippen LogP contribution in [0.15, 0.2) is 12.1 Å². The van der Waals surface area contributed by atoms with Gasteiger partial charge >= 0.3 is 0 Å². The van der Waals surface area contributed by atoms with E-state index in [1.807, 2.05) is 19.1 Å². The second kappa shape index (κ2) is 6.30. The summed E-state index contributed by atoms with van der Waals surface area (Å²) >= 11 is 5.07. The van der Waals surface area contributed by atoms with Crippen LogP contribution in [0.2, 0.25) is 0 Å². The lowest BCUT2D eigenvalue weighted by Gasteiger charge is -2.32. The van der Waals surface area contributed by atoms with E-state index >= 15 is 0 Å². The van der Waals surface area contributed by atoms with Gasteiger partial charge in [-0.25, -0.2) is 4.98 Å². The Balaban J connectivity index is 2.05. The standard InChI is InChI=1S/C14H22N4S/c1-10-6-7-12(13(15)19)14(17-10)16-9-11-5-3-4-8-18(11)2/h6-7,11H,3-5,8-9H2,1-2H3,(H2,15,19)(H,16,17). The second-order valence-electron chi connectivity index (χ2n) is 5.22. The zero-order valence-electron chi connectivity index (χ0n) is 11.6. The third kappa shape index (κ3) is 3.64. The lowest BCUT2D eigenvalue weighted by Crippen LogP contribution is -2.41. The molecule has 1 fully saturated rings. The molecule has 1 aromatic heterocycles. The van der Waals surface area contributed by atoms with Gasteiger partial charge in [0.1, 0.15) is 10.8 Å². The average molecular weight is 278 g/mol. The highest BCUT2D eigenvalue weighted by molar-refractivity contribution is 7.80. The molecule has 1 aliphatic rings. The zero-order valence-corrected chi connectivity index (χ0v) is 12.5.